The first-order valence-corrected chi connectivity index (χ1v) is 9.73. The van der Waals surface area contributed by atoms with Crippen LogP contribution in [0.1, 0.15) is 23.6 Å². The van der Waals surface area contributed by atoms with Crippen LogP contribution in [0.5, 0.6) is 5.75 Å². The van der Waals surface area contributed by atoms with Gasteiger partial charge in [-0.05, 0) is 60.2 Å². The third-order valence-corrected chi connectivity index (χ3v) is 5.58. The lowest BCUT2D eigenvalue weighted by Gasteiger charge is -2.21. The highest BCUT2D eigenvalue weighted by Gasteiger charge is 2.32. The van der Waals surface area contributed by atoms with Crippen molar-refractivity contribution in [2.75, 3.05) is 7.11 Å². The Morgan fingerprint density at radius 3 is 2.67 bits per heavy atom. The molecule has 3 aromatic rings. The van der Waals surface area contributed by atoms with Gasteiger partial charge in [-0.15, -0.1) is 0 Å². The standard InChI is InChI=1S/C20H19BrN4OS/c1-24-11-16(15-9-13(21)5-8-18(15)24)19-10-17(23-25(19)20(22)27)12-3-6-14(26-2)7-4-12/h3-9,11,19H,10H2,1-2H3,(H2,22,27). The molecule has 27 heavy (non-hydrogen) atoms. The third kappa shape index (κ3) is 3.21. The zero-order valence-electron chi connectivity index (χ0n) is 15.0. The Morgan fingerprint density at radius 2 is 2.00 bits per heavy atom. The second-order valence-electron chi connectivity index (χ2n) is 6.53. The summed E-state index contributed by atoms with van der Waals surface area (Å²) in [5.41, 5.74) is 10.3. The SMILES string of the molecule is COc1ccc(C2=NN(C(N)=S)C(c3cn(C)c4ccc(Br)cc34)C2)cc1. The summed E-state index contributed by atoms with van der Waals surface area (Å²) >= 11 is 8.87. The van der Waals surface area contributed by atoms with Crippen molar-refractivity contribution >= 4 is 49.9 Å². The van der Waals surface area contributed by atoms with Crippen molar-refractivity contribution in [3.05, 3.63) is 64.3 Å². The number of rotatable bonds is 3. The van der Waals surface area contributed by atoms with E-state index in [2.05, 4.69) is 38.8 Å². The van der Waals surface area contributed by atoms with Gasteiger partial charge in [-0.1, -0.05) is 15.9 Å². The maximum absolute atomic E-state index is 6.01. The second-order valence-corrected chi connectivity index (χ2v) is 7.87. The molecule has 0 saturated heterocycles. The first kappa shape index (κ1) is 18.0. The topological polar surface area (TPSA) is 55.8 Å². The van der Waals surface area contributed by atoms with E-state index >= 15 is 0 Å². The van der Waals surface area contributed by atoms with Crippen molar-refractivity contribution < 1.29 is 4.74 Å². The Balaban J connectivity index is 1.75. The van der Waals surface area contributed by atoms with Gasteiger partial charge in [-0.3, -0.25) is 0 Å². The number of nitrogens with zero attached hydrogens (tertiary/aromatic N) is 3. The maximum atomic E-state index is 6.01. The highest BCUT2D eigenvalue weighted by Crippen LogP contribution is 2.38. The van der Waals surface area contributed by atoms with Gasteiger partial charge in [-0.2, -0.15) is 5.10 Å². The number of aryl methyl sites for hydroxylation is 1. The van der Waals surface area contributed by atoms with E-state index in [-0.39, 0.29) is 11.2 Å². The molecule has 7 heteroatoms. The Hall–Kier alpha value is -2.38. The van der Waals surface area contributed by atoms with Crippen molar-refractivity contribution in [3.8, 4) is 5.75 Å². The molecule has 1 aliphatic heterocycles. The fraction of sp³-hybridized carbons (Fsp3) is 0.200. The summed E-state index contributed by atoms with van der Waals surface area (Å²) in [4.78, 5) is 0. The minimum Gasteiger partial charge on any atom is -0.497 e. The van der Waals surface area contributed by atoms with Gasteiger partial charge < -0.3 is 15.0 Å². The summed E-state index contributed by atoms with van der Waals surface area (Å²) in [5, 5.41) is 7.93. The molecule has 1 unspecified atom stereocenters. The monoisotopic (exact) mass is 442 g/mol. The Bertz CT molecular complexity index is 1060. The fourth-order valence-corrected chi connectivity index (χ4v) is 4.10. The zero-order chi connectivity index (χ0) is 19.1. The molecule has 1 aliphatic rings. The molecule has 0 fully saturated rings. The minimum atomic E-state index is -0.0300. The van der Waals surface area contributed by atoms with Gasteiger partial charge in [0, 0.05) is 40.6 Å². The van der Waals surface area contributed by atoms with E-state index in [1.807, 2.05) is 37.4 Å². The van der Waals surface area contributed by atoms with Crippen LogP contribution in [0.3, 0.4) is 0 Å². The number of benzene rings is 2. The number of hydrazone groups is 1. The molecule has 2 heterocycles. The predicted molar refractivity (Wildman–Crippen MR) is 116 cm³/mol. The summed E-state index contributed by atoms with van der Waals surface area (Å²) < 4.78 is 8.41. The number of hydrogen-bond acceptors (Lipinski definition) is 3. The number of thiocarbonyl (C=S) groups is 1. The van der Waals surface area contributed by atoms with Gasteiger partial charge in [-0.25, -0.2) is 5.01 Å². The predicted octanol–water partition coefficient (Wildman–Crippen LogP) is 4.34. The summed E-state index contributed by atoms with van der Waals surface area (Å²) in [6.45, 7) is 0. The van der Waals surface area contributed by atoms with Gasteiger partial charge in [0.25, 0.3) is 0 Å². The molecule has 1 aromatic heterocycles. The molecule has 2 aromatic carbocycles. The van der Waals surface area contributed by atoms with Crippen molar-refractivity contribution in [1.29, 1.82) is 0 Å². The number of nitrogens with two attached hydrogens (primary N) is 1. The van der Waals surface area contributed by atoms with E-state index in [0.29, 0.717) is 0 Å². The molecule has 2 N–H and O–H groups in total. The summed E-state index contributed by atoms with van der Waals surface area (Å²) in [5.74, 6) is 0.819. The van der Waals surface area contributed by atoms with Crippen LogP contribution in [-0.4, -0.2) is 27.5 Å². The van der Waals surface area contributed by atoms with Crippen molar-refractivity contribution in [3.63, 3.8) is 0 Å². The molecule has 0 saturated carbocycles. The number of halogens is 1. The van der Waals surface area contributed by atoms with Crippen LogP contribution in [-0.2, 0) is 7.05 Å². The van der Waals surface area contributed by atoms with E-state index in [9.17, 15) is 0 Å². The average molecular weight is 443 g/mol. The smallest absolute Gasteiger partial charge is 0.187 e. The fourth-order valence-electron chi connectivity index (χ4n) is 3.57. The number of hydrogen-bond donors (Lipinski definition) is 1. The van der Waals surface area contributed by atoms with Crippen LogP contribution in [0.15, 0.2) is 58.2 Å². The quantitative estimate of drug-likeness (QED) is 0.612. The van der Waals surface area contributed by atoms with Crippen LogP contribution in [0.4, 0.5) is 0 Å². The van der Waals surface area contributed by atoms with Crippen molar-refractivity contribution in [2.24, 2.45) is 17.9 Å². The van der Waals surface area contributed by atoms with Crippen LogP contribution in [0.2, 0.25) is 0 Å². The summed E-state index contributed by atoms with van der Waals surface area (Å²) in [6, 6.07) is 14.1. The van der Waals surface area contributed by atoms with E-state index in [0.717, 1.165) is 39.0 Å². The van der Waals surface area contributed by atoms with Crippen LogP contribution in [0.25, 0.3) is 10.9 Å². The Labute approximate surface area is 171 Å². The molecule has 0 radical (unpaired) electrons. The van der Waals surface area contributed by atoms with Gasteiger partial charge in [0.1, 0.15) is 5.75 Å². The summed E-state index contributed by atoms with van der Waals surface area (Å²) in [6.07, 6.45) is 2.87. The maximum Gasteiger partial charge on any atom is 0.187 e. The lowest BCUT2D eigenvalue weighted by molar-refractivity contribution is 0.374. The molecule has 0 aliphatic carbocycles. The lowest BCUT2D eigenvalue weighted by atomic mass is 9.98. The van der Waals surface area contributed by atoms with E-state index in [4.69, 9.17) is 27.8 Å². The van der Waals surface area contributed by atoms with E-state index in [1.54, 1.807) is 12.1 Å². The second kappa shape index (κ2) is 6.98. The van der Waals surface area contributed by atoms with Gasteiger partial charge in [0.05, 0.1) is 18.9 Å². The Kier molecular flexibility index (Phi) is 4.65. The molecular weight excluding hydrogens is 424 g/mol. The van der Waals surface area contributed by atoms with Crippen molar-refractivity contribution in [2.45, 2.75) is 12.5 Å². The molecule has 138 valence electrons. The number of ether oxygens (including phenoxy) is 1. The van der Waals surface area contributed by atoms with Gasteiger partial charge in [0.15, 0.2) is 5.11 Å². The van der Waals surface area contributed by atoms with Crippen LogP contribution in [0, 0.1) is 0 Å². The normalized spacial score (nSPS) is 16.6. The minimum absolute atomic E-state index is 0.0300. The highest BCUT2D eigenvalue weighted by atomic mass is 79.9. The highest BCUT2D eigenvalue weighted by molar-refractivity contribution is 9.10. The molecule has 1 atom stereocenters. The first-order chi connectivity index (χ1) is 13.0. The molecule has 0 spiro atoms. The first-order valence-electron chi connectivity index (χ1n) is 8.53. The molecule has 0 amide bonds. The van der Waals surface area contributed by atoms with Crippen LogP contribution < -0.4 is 10.5 Å². The molecule has 0 bridgehead atoms. The van der Waals surface area contributed by atoms with Gasteiger partial charge in [0.2, 0.25) is 0 Å². The zero-order valence-corrected chi connectivity index (χ0v) is 17.4. The lowest BCUT2D eigenvalue weighted by Crippen LogP contribution is -2.31. The van der Waals surface area contributed by atoms with Crippen molar-refractivity contribution in [1.82, 2.24) is 9.58 Å². The van der Waals surface area contributed by atoms with E-state index in [1.165, 1.54) is 5.39 Å². The average Bonchev–Trinajstić information content (AvgIpc) is 3.23. The van der Waals surface area contributed by atoms with Crippen LogP contribution >= 0.6 is 28.1 Å². The molecular formula is C20H19BrN4OS. The number of fused-ring (bicyclic) bond motifs is 1. The largest absolute Gasteiger partial charge is 0.497 e. The molecule has 5 nitrogen and oxygen atoms in total. The third-order valence-electron chi connectivity index (χ3n) is 4.90. The van der Waals surface area contributed by atoms with Gasteiger partial charge >= 0.3 is 0 Å². The Morgan fingerprint density at radius 1 is 1.26 bits per heavy atom. The number of methoxy groups -OCH3 is 1. The molecule has 4 rings (SSSR count). The summed E-state index contributed by atoms with van der Waals surface area (Å²) in [7, 11) is 3.70. The number of aromatic nitrogens is 1. The van der Waals surface area contributed by atoms with E-state index < -0.39 is 0 Å².